The van der Waals surface area contributed by atoms with Crippen LogP contribution in [0.25, 0.3) is 4.85 Å². The molecule has 1 amide bonds. The zero-order chi connectivity index (χ0) is 12.6. The van der Waals surface area contributed by atoms with Gasteiger partial charge in [0.15, 0.2) is 0 Å². The SMILES string of the molecule is [C-]#[N+][C@@H]1C[C@@]2(CC(CC)NC2=O)CN1C(C)C. The fourth-order valence-corrected chi connectivity index (χ4v) is 3.15. The van der Waals surface area contributed by atoms with Gasteiger partial charge in [0.25, 0.3) is 6.17 Å². The van der Waals surface area contributed by atoms with E-state index >= 15 is 0 Å². The molecule has 1 unspecified atom stereocenters. The Balaban J connectivity index is 2.19. The number of rotatable bonds is 2. The Morgan fingerprint density at radius 2 is 2.29 bits per heavy atom. The molecule has 2 rings (SSSR count). The topological polar surface area (TPSA) is 36.7 Å². The van der Waals surface area contributed by atoms with Crippen molar-refractivity contribution >= 4 is 5.91 Å². The molecule has 0 radical (unpaired) electrons. The van der Waals surface area contributed by atoms with Gasteiger partial charge in [-0.15, -0.1) is 0 Å². The Kier molecular flexibility index (Phi) is 3.13. The molecule has 2 heterocycles. The largest absolute Gasteiger partial charge is 0.353 e. The zero-order valence-electron chi connectivity index (χ0n) is 10.9. The smallest absolute Gasteiger partial charge is 0.281 e. The molecule has 0 aromatic rings. The molecule has 4 heteroatoms. The number of likely N-dealkylation sites (tertiary alicyclic amines) is 1. The lowest BCUT2D eigenvalue weighted by Gasteiger charge is -2.22. The van der Waals surface area contributed by atoms with Gasteiger partial charge in [0.05, 0.1) is 11.8 Å². The van der Waals surface area contributed by atoms with E-state index in [1.165, 1.54) is 0 Å². The van der Waals surface area contributed by atoms with Gasteiger partial charge in [0.1, 0.15) is 0 Å². The Morgan fingerprint density at radius 1 is 1.59 bits per heavy atom. The minimum Gasteiger partial charge on any atom is -0.353 e. The first-order chi connectivity index (χ1) is 8.02. The standard InChI is InChI=1S/C13H21N3O/c1-5-10-6-13(12(17)15-10)7-11(14-4)16(8-13)9(2)3/h9-11H,5-8H2,1-3H3,(H,15,17)/t10?,11-,13-/m0/s1. The molecule has 1 spiro atoms. The number of amides is 1. The van der Waals surface area contributed by atoms with Crippen molar-refractivity contribution in [3.05, 3.63) is 11.4 Å². The monoisotopic (exact) mass is 235 g/mol. The number of hydrogen-bond acceptors (Lipinski definition) is 2. The van der Waals surface area contributed by atoms with Gasteiger partial charge in [-0.05, 0) is 26.7 Å². The normalized spacial score (nSPS) is 37.7. The van der Waals surface area contributed by atoms with Gasteiger partial charge in [-0.2, -0.15) is 0 Å². The summed E-state index contributed by atoms with van der Waals surface area (Å²) in [6.07, 6.45) is 2.48. The molecule has 94 valence electrons. The van der Waals surface area contributed by atoms with Crippen molar-refractivity contribution in [1.29, 1.82) is 0 Å². The van der Waals surface area contributed by atoms with Crippen LogP contribution in [0.3, 0.4) is 0 Å². The summed E-state index contributed by atoms with van der Waals surface area (Å²) in [7, 11) is 0. The van der Waals surface area contributed by atoms with Crippen LogP contribution in [-0.2, 0) is 4.79 Å². The first-order valence-corrected chi connectivity index (χ1v) is 6.45. The molecular formula is C13H21N3O. The van der Waals surface area contributed by atoms with E-state index in [4.69, 9.17) is 6.57 Å². The highest BCUT2D eigenvalue weighted by Gasteiger charge is 2.56. The fraction of sp³-hybridized carbons (Fsp3) is 0.846. The summed E-state index contributed by atoms with van der Waals surface area (Å²) in [5.74, 6) is 0.168. The van der Waals surface area contributed by atoms with Crippen molar-refractivity contribution in [2.24, 2.45) is 5.41 Å². The minimum atomic E-state index is -0.292. The van der Waals surface area contributed by atoms with E-state index in [0.717, 1.165) is 19.4 Å². The van der Waals surface area contributed by atoms with E-state index in [1.54, 1.807) is 0 Å². The second-order valence-electron chi connectivity index (χ2n) is 5.64. The molecule has 0 saturated carbocycles. The molecule has 0 aromatic heterocycles. The van der Waals surface area contributed by atoms with Crippen molar-refractivity contribution in [1.82, 2.24) is 10.2 Å². The van der Waals surface area contributed by atoms with Crippen LogP contribution in [0.5, 0.6) is 0 Å². The van der Waals surface area contributed by atoms with Crippen LogP contribution in [0, 0.1) is 12.0 Å². The fourth-order valence-electron chi connectivity index (χ4n) is 3.15. The molecule has 0 aromatic carbocycles. The Bertz CT molecular complexity index is 360. The van der Waals surface area contributed by atoms with Crippen LogP contribution >= 0.6 is 0 Å². The van der Waals surface area contributed by atoms with Gasteiger partial charge < -0.3 is 5.32 Å². The summed E-state index contributed by atoms with van der Waals surface area (Å²) >= 11 is 0. The van der Waals surface area contributed by atoms with Crippen LogP contribution < -0.4 is 5.32 Å². The molecule has 0 bridgehead atoms. The molecule has 0 aliphatic carbocycles. The predicted octanol–water partition coefficient (Wildman–Crippen LogP) is 1.63. The summed E-state index contributed by atoms with van der Waals surface area (Å²) in [5.41, 5.74) is -0.292. The summed E-state index contributed by atoms with van der Waals surface area (Å²) in [6, 6.07) is 0.642. The third kappa shape index (κ3) is 1.93. The third-order valence-corrected chi connectivity index (χ3v) is 4.20. The van der Waals surface area contributed by atoms with E-state index in [0.29, 0.717) is 18.5 Å². The minimum absolute atomic E-state index is 0.114. The predicted molar refractivity (Wildman–Crippen MR) is 66.1 cm³/mol. The lowest BCUT2D eigenvalue weighted by Crippen LogP contribution is -2.37. The maximum absolute atomic E-state index is 12.2. The van der Waals surface area contributed by atoms with E-state index in [-0.39, 0.29) is 17.5 Å². The van der Waals surface area contributed by atoms with Gasteiger partial charge in [0, 0.05) is 18.6 Å². The molecule has 3 atom stereocenters. The Hall–Kier alpha value is -1.08. The van der Waals surface area contributed by atoms with Crippen molar-refractivity contribution < 1.29 is 4.79 Å². The Labute approximate surface area is 103 Å². The first-order valence-electron chi connectivity index (χ1n) is 6.45. The van der Waals surface area contributed by atoms with Crippen molar-refractivity contribution in [3.63, 3.8) is 0 Å². The summed E-state index contributed by atoms with van der Waals surface area (Å²) < 4.78 is 0. The first kappa shape index (κ1) is 12.4. The third-order valence-electron chi connectivity index (χ3n) is 4.20. The van der Waals surface area contributed by atoms with E-state index in [2.05, 4.69) is 35.8 Å². The summed E-state index contributed by atoms with van der Waals surface area (Å²) in [5, 5.41) is 3.07. The molecule has 2 aliphatic heterocycles. The molecule has 1 N–H and O–H groups in total. The molecule has 2 fully saturated rings. The molecule has 2 saturated heterocycles. The summed E-state index contributed by atoms with van der Waals surface area (Å²) in [6.45, 7) is 14.3. The zero-order valence-corrected chi connectivity index (χ0v) is 10.9. The maximum atomic E-state index is 12.2. The van der Waals surface area contributed by atoms with Crippen LogP contribution in [-0.4, -0.2) is 35.6 Å². The van der Waals surface area contributed by atoms with Gasteiger partial charge >= 0.3 is 0 Å². The van der Waals surface area contributed by atoms with E-state index in [1.807, 2.05) is 0 Å². The molecule has 17 heavy (non-hydrogen) atoms. The van der Waals surface area contributed by atoms with E-state index in [9.17, 15) is 4.79 Å². The van der Waals surface area contributed by atoms with Gasteiger partial charge in [-0.3, -0.25) is 9.64 Å². The van der Waals surface area contributed by atoms with Crippen LogP contribution in [0.1, 0.15) is 40.0 Å². The molecule has 4 nitrogen and oxygen atoms in total. The second-order valence-corrected chi connectivity index (χ2v) is 5.64. The van der Waals surface area contributed by atoms with Crippen molar-refractivity contribution in [2.75, 3.05) is 6.54 Å². The van der Waals surface area contributed by atoms with Crippen LogP contribution in [0.4, 0.5) is 0 Å². The highest BCUT2D eigenvalue weighted by molar-refractivity contribution is 5.86. The maximum Gasteiger partial charge on any atom is 0.281 e. The summed E-state index contributed by atoms with van der Waals surface area (Å²) in [4.78, 5) is 18.0. The van der Waals surface area contributed by atoms with E-state index < -0.39 is 0 Å². The molecular weight excluding hydrogens is 214 g/mol. The van der Waals surface area contributed by atoms with Crippen LogP contribution in [0.15, 0.2) is 0 Å². The van der Waals surface area contributed by atoms with Gasteiger partial charge in [0.2, 0.25) is 5.91 Å². The lowest BCUT2D eigenvalue weighted by molar-refractivity contribution is -0.127. The van der Waals surface area contributed by atoms with Crippen molar-refractivity contribution in [3.8, 4) is 0 Å². The van der Waals surface area contributed by atoms with Gasteiger partial charge in [-0.25, -0.2) is 11.5 Å². The number of nitrogens with one attached hydrogen (secondary N) is 1. The quantitative estimate of drug-likeness (QED) is 0.739. The highest BCUT2D eigenvalue weighted by Crippen LogP contribution is 2.44. The Morgan fingerprint density at radius 3 is 2.71 bits per heavy atom. The highest BCUT2D eigenvalue weighted by atomic mass is 16.2. The lowest BCUT2D eigenvalue weighted by atomic mass is 9.83. The van der Waals surface area contributed by atoms with Gasteiger partial charge in [-0.1, -0.05) is 6.92 Å². The second kappa shape index (κ2) is 4.30. The number of carbonyl (C=O) groups excluding carboxylic acids is 1. The number of carbonyl (C=O) groups is 1. The molecule has 2 aliphatic rings. The average molecular weight is 235 g/mol. The van der Waals surface area contributed by atoms with Crippen molar-refractivity contribution in [2.45, 2.75) is 58.3 Å². The number of nitrogens with zero attached hydrogens (tertiary/aromatic N) is 2. The van der Waals surface area contributed by atoms with Crippen LogP contribution in [0.2, 0.25) is 0 Å². The average Bonchev–Trinajstić information content (AvgIpc) is 2.82. The number of hydrogen-bond donors (Lipinski definition) is 1.